The summed E-state index contributed by atoms with van der Waals surface area (Å²) in [7, 11) is 0. The largest absolute Gasteiger partial charge is 0.338 e. The zero-order valence-corrected chi connectivity index (χ0v) is 14.1. The summed E-state index contributed by atoms with van der Waals surface area (Å²) in [6, 6.07) is 6.83. The van der Waals surface area contributed by atoms with Gasteiger partial charge in [0.1, 0.15) is 10.3 Å². The van der Waals surface area contributed by atoms with Crippen molar-refractivity contribution in [2.45, 2.75) is 18.8 Å². The first-order chi connectivity index (χ1) is 11.4. The van der Waals surface area contributed by atoms with Crippen LogP contribution in [0, 0.1) is 11.6 Å². The van der Waals surface area contributed by atoms with Crippen molar-refractivity contribution in [1.29, 1.82) is 0 Å². The average Bonchev–Trinajstić information content (AvgIpc) is 2.56. The number of carbonyl (C=O) groups excluding carboxylic acids is 1. The minimum absolute atomic E-state index is 0.0365. The molecular formula is C17H14Cl2F2N2O. The van der Waals surface area contributed by atoms with Crippen molar-refractivity contribution in [1.82, 2.24) is 9.88 Å². The van der Waals surface area contributed by atoms with Crippen LogP contribution in [-0.2, 0) is 0 Å². The number of aromatic nitrogens is 1. The van der Waals surface area contributed by atoms with Gasteiger partial charge in [0.25, 0.3) is 5.91 Å². The van der Waals surface area contributed by atoms with E-state index in [2.05, 4.69) is 4.98 Å². The monoisotopic (exact) mass is 370 g/mol. The first-order valence-corrected chi connectivity index (χ1v) is 8.27. The second kappa shape index (κ2) is 7.03. The molecule has 1 aliphatic rings. The van der Waals surface area contributed by atoms with Gasteiger partial charge in [-0.15, -0.1) is 0 Å². The van der Waals surface area contributed by atoms with Gasteiger partial charge in [0, 0.05) is 24.6 Å². The fourth-order valence-electron chi connectivity index (χ4n) is 2.97. The lowest BCUT2D eigenvalue weighted by molar-refractivity contribution is 0.0707. The third-order valence-electron chi connectivity index (χ3n) is 4.13. The predicted octanol–water partition coefficient (Wildman–Crippen LogP) is 4.69. The normalized spacial score (nSPS) is 17.8. The summed E-state index contributed by atoms with van der Waals surface area (Å²) >= 11 is 11.7. The molecule has 0 radical (unpaired) electrons. The Balaban J connectivity index is 1.79. The molecule has 0 N–H and O–H groups in total. The molecule has 126 valence electrons. The summed E-state index contributed by atoms with van der Waals surface area (Å²) < 4.78 is 26.5. The van der Waals surface area contributed by atoms with Crippen LogP contribution in [-0.4, -0.2) is 28.9 Å². The van der Waals surface area contributed by atoms with Crippen molar-refractivity contribution in [3.63, 3.8) is 0 Å². The number of nitrogens with zero attached hydrogens (tertiary/aromatic N) is 2. The smallest absolute Gasteiger partial charge is 0.254 e. The van der Waals surface area contributed by atoms with Crippen LogP contribution in [0.5, 0.6) is 0 Å². The van der Waals surface area contributed by atoms with Crippen molar-refractivity contribution in [2.75, 3.05) is 13.1 Å². The number of halogens is 4. The highest BCUT2D eigenvalue weighted by atomic mass is 35.5. The standard InChI is InChI=1S/C17H14Cl2F2N2O/c18-15-7-12(8-16(19)22-15)17(24)23-5-1-2-11(9-23)10-3-4-13(20)14(21)6-10/h3-4,6-8,11H,1-2,5,9H2. The van der Waals surface area contributed by atoms with Gasteiger partial charge >= 0.3 is 0 Å². The van der Waals surface area contributed by atoms with Gasteiger partial charge in [-0.2, -0.15) is 0 Å². The van der Waals surface area contributed by atoms with Crippen molar-refractivity contribution in [2.24, 2.45) is 0 Å². The molecule has 0 bridgehead atoms. The fraction of sp³-hybridized carbons (Fsp3) is 0.294. The summed E-state index contributed by atoms with van der Waals surface area (Å²) in [5.41, 5.74) is 1.06. The number of rotatable bonds is 2. The van der Waals surface area contributed by atoms with Gasteiger partial charge in [0.2, 0.25) is 0 Å². The van der Waals surface area contributed by atoms with Gasteiger partial charge in [-0.1, -0.05) is 29.3 Å². The Hall–Kier alpha value is -1.72. The summed E-state index contributed by atoms with van der Waals surface area (Å²) in [5.74, 6) is -1.98. The minimum atomic E-state index is -0.872. The molecule has 0 spiro atoms. The summed E-state index contributed by atoms with van der Waals surface area (Å²) in [6.07, 6.45) is 1.59. The van der Waals surface area contributed by atoms with Gasteiger partial charge in [-0.25, -0.2) is 13.8 Å². The average molecular weight is 371 g/mol. The van der Waals surface area contributed by atoms with Gasteiger partial charge in [0.15, 0.2) is 11.6 Å². The lowest BCUT2D eigenvalue weighted by Crippen LogP contribution is -2.39. The number of amides is 1. The van der Waals surface area contributed by atoms with Crippen LogP contribution >= 0.6 is 23.2 Å². The maximum atomic E-state index is 13.5. The molecule has 0 saturated carbocycles. The number of carbonyl (C=O) groups is 1. The topological polar surface area (TPSA) is 33.2 Å². The molecule has 0 aliphatic carbocycles. The Morgan fingerprint density at radius 3 is 2.50 bits per heavy atom. The van der Waals surface area contributed by atoms with Crippen LogP contribution in [0.3, 0.4) is 0 Å². The molecule has 1 saturated heterocycles. The molecule has 7 heteroatoms. The van der Waals surface area contributed by atoms with Gasteiger partial charge in [-0.3, -0.25) is 4.79 Å². The van der Waals surface area contributed by atoms with E-state index in [1.54, 1.807) is 11.0 Å². The van der Waals surface area contributed by atoms with Crippen LogP contribution in [0.1, 0.15) is 34.7 Å². The number of hydrogen-bond donors (Lipinski definition) is 0. The fourth-order valence-corrected chi connectivity index (χ4v) is 3.43. The zero-order valence-electron chi connectivity index (χ0n) is 12.6. The predicted molar refractivity (Wildman–Crippen MR) is 88.5 cm³/mol. The molecule has 2 aromatic rings. The Morgan fingerprint density at radius 2 is 1.83 bits per heavy atom. The molecule has 1 unspecified atom stereocenters. The highest BCUT2D eigenvalue weighted by Gasteiger charge is 2.26. The van der Waals surface area contributed by atoms with Gasteiger partial charge < -0.3 is 4.90 Å². The van der Waals surface area contributed by atoms with Crippen molar-refractivity contribution in [3.05, 3.63) is 63.4 Å². The molecular weight excluding hydrogens is 357 g/mol. The first-order valence-electron chi connectivity index (χ1n) is 7.51. The maximum Gasteiger partial charge on any atom is 0.254 e. The second-order valence-electron chi connectivity index (χ2n) is 5.77. The number of piperidine rings is 1. The molecule has 1 amide bonds. The first kappa shape index (κ1) is 17.1. The molecule has 3 nitrogen and oxygen atoms in total. The van der Waals surface area contributed by atoms with Crippen molar-refractivity contribution >= 4 is 29.1 Å². The van der Waals surface area contributed by atoms with Crippen molar-refractivity contribution in [3.8, 4) is 0 Å². The van der Waals surface area contributed by atoms with E-state index < -0.39 is 11.6 Å². The number of hydrogen-bond acceptors (Lipinski definition) is 2. The van der Waals surface area contributed by atoms with Crippen molar-refractivity contribution < 1.29 is 13.6 Å². The third-order valence-corrected chi connectivity index (χ3v) is 4.52. The quantitative estimate of drug-likeness (QED) is 0.718. The highest BCUT2D eigenvalue weighted by molar-refractivity contribution is 6.33. The van der Waals surface area contributed by atoms with E-state index in [-0.39, 0.29) is 22.1 Å². The number of likely N-dealkylation sites (tertiary alicyclic amines) is 1. The molecule has 3 rings (SSSR count). The number of pyridine rings is 1. The second-order valence-corrected chi connectivity index (χ2v) is 6.54. The van der Waals surface area contributed by atoms with E-state index in [1.807, 2.05) is 0 Å². The SMILES string of the molecule is O=C(c1cc(Cl)nc(Cl)c1)N1CCCC(c2ccc(F)c(F)c2)C1. The van der Waals surface area contributed by atoms with E-state index in [4.69, 9.17) is 23.2 Å². The van der Waals surface area contributed by atoms with Crippen LogP contribution in [0.4, 0.5) is 8.78 Å². The summed E-state index contributed by atoms with van der Waals surface area (Å²) in [6.45, 7) is 1.03. The van der Waals surface area contributed by atoms with E-state index in [0.717, 1.165) is 18.9 Å². The van der Waals surface area contributed by atoms with Crippen LogP contribution in [0.25, 0.3) is 0 Å². The van der Waals surface area contributed by atoms with E-state index in [9.17, 15) is 13.6 Å². The van der Waals surface area contributed by atoms with Gasteiger partial charge in [0.05, 0.1) is 0 Å². The molecule has 1 aliphatic heterocycles. The van der Waals surface area contributed by atoms with Crippen LogP contribution in [0.15, 0.2) is 30.3 Å². The Labute approximate surface area is 148 Å². The maximum absolute atomic E-state index is 13.5. The minimum Gasteiger partial charge on any atom is -0.338 e. The third kappa shape index (κ3) is 3.68. The molecule has 2 heterocycles. The Bertz CT molecular complexity index is 765. The van der Waals surface area contributed by atoms with E-state index in [0.29, 0.717) is 24.2 Å². The molecule has 1 aromatic heterocycles. The van der Waals surface area contributed by atoms with E-state index in [1.165, 1.54) is 18.2 Å². The molecule has 1 fully saturated rings. The summed E-state index contributed by atoms with van der Waals surface area (Å²) in [5, 5.41) is 0.306. The Kier molecular flexibility index (Phi) is 5.01. The van der Waals surface area contributed by atoms with Gasteiger partial charge in [-0.05, 0) is 42.7 Å². The Morgan fingerprint density at radius 1 is 1.12 bits per heavy atom. The van der Waals surface area contributed by atoms with Crippen LogP contribution in [0.2, 0.25) is 10.3 Å². The molecule has 1 aromatic carbocycles. The lowest BCUT2D eigenvalue weighted by Gasteiger charge is -2.33. The summed E-state index contributed by atoms with van der Waals surface area (Å²) in [4.78, 5) is 18.2. The zero-order chi connectivity index (χ0) is 17.3. The van der Waals surface area contributed by atoms with E-state index >= 15 is 0 Å². The number of benzene rings is 1. The molecule has 24 heavy (non-hydrogen) atoms. The molecule has 1 atom stereocenters. The highest BCUT2D eigenvalue weighted by Crippen LogP contribution is 2.29. The van der Waals surface area contributed by atoms with Crippen LogP contribution < -0.4 is 0 Å². The lowest BCUT2D eigenvalue weighted by atomic mass is 9.90.